The number of amides is 1. The summed E-state index contributed by atoms with van der Waals surface area (Å²) in [6.07, 6.45) is 5.34. The van der Waals surface area contributed by atoms with E-state index >= 15 is 0 Å². The van der Waals surface area contributed by atoms with Crippen molar-refractivity contribution in [2.24, 2.45) is 18.7 Å². The van der Waals surface area contributed by atoms with Gasteiger partial charge in [-0.05, 0) is 44.0 Å². The van der Waals surface area contributed by atoms with Crippen LogP contribution in [-0.4, -0.2) is 58.1 Å². The number of nitrogens with one attached hydrogen (secondary N) is 2. The van der Waals surface area contributed by atoms with Crippen LogP contribution >= 0.6 is 0 Å². The highest BCUT2D eigenvalue weighted by molar-refractivity contribution is 6.14. The molecule has 0 radical (unpaired) electrons. The Labute approximate surface area is 213 Å². The molecule has 37 heavy (non-hydrogen) atoms. The highest BCUT2D eigenvalue weighted by Gasteiger charge is 2.19. The molecule has 0 spiro atoms. The number of rotatable bonds is 8. The van der Waals surface area contributed by atoms with Crippen LogP contribution in [0.5, 0.6) is 6.01 Å². The monoisotopic (exact) mass is 507 g/mol. The summed E-state index contributed by atoms with van der Waals surface area (Å²) in [5, 5.41) is 11.4. The molecule has 194 valence electrons. The molecule has 0 aliphatic carbocycles. The molecule has 4 N–H and O–H groups in total. The summed E-state index contributed by atoms with van der Waals surface area (Å²) in [5.41, 5.74) is 7.95. The molecule has 1 amide bonds. The molecule has 11 heteroatoms. The zero-order chi connectivity index (χ0) is 25.9. The first kappa shape index (κ1) is 24.8. The first-order valence-electron chi connectivity index (χ1n) is 12.3. The number of carbonyl (C=O) groups excluding carboxylic acids is 1. The van der Waals surface area contributed by atoms with Gasteiger partial charge in [0, 0.05) is 66.7 Å². The molecule has 0 bridgehead atoms. The van der Waals surface area contributed by atoms with Gasteiger partial charge < -0.3 is 25.8 Å². The van der Waals surface area contributed by atoms with E-state index < -0.39 is 11.7 Å². The first-order valence-corrected chi connectivity index (χ1v) is 12.3. The van der Waals surface area contributed by atoms with Crippen molar-refractivity contribution in [3.05, 3.63) is 48.0 Å². The molecular weight excluding hydrogens is 477 g/mol. The van der Waals surface area contributed by atoms with Crippen LogP contribution in [0, 0.1) is 11.7 Å². The van der Waals surface area contributed by atoms with E-state index in [1.807, 2.05) is 6.92 Å². The van der Waals surface area contributed by atoms with Crippen molar-refractivity contribution in [3.8, 4) is 6.01 Å². The zero-order valence-electron chi connectivity index (χ0n) is 20.8. The Bertz CT molecular complexity index is 1430. The number of aryl methyl sites for hydroxylation is 1. The molecule has 2 aromatic heterocycles. The Morgan fingerprint density at radius 1 is 1.35 bits per heavy atom. The topological polar surface area (TPSA) is 129 Å². The maximum absolute atomic E-state index is 14.6. The Hall–Kier alpha value is -3.83. The fourth-order valence-corrected chi connectivity index (χ4v) is 4.40. The Morgan fingerprint density at radius 3 is 3.00 bits per heavy atom. The van der Waals surface area contributed by atoms with Crippen molar-refractivity contribution in [2.45, 2.75) is 25.8 Å². The first-order chi connectivity index (χ1) is 17.9. The van der Waals surface area contributed by atoms with Crippen LogP contribution in [0.3, 0.4) is 0 Å². The lowest BCUT2D eigenvalue weighted by molar-refractivity contribution is 0.0336. The maximum atomic E-state index is 14.6. The number of ether oxygens (including phenoxy) is 2. The largest absolute Gasteiger partial charge is 0.463 e. The number of aromatic nitrogens is 4. The van der Waals surface area contributed by atoms with Gasteiger partial charge in [0.2, 0.25) is 0 Å². The third kappa shape index (κ3) is 5.62. The molecule has 0 unspecified atom stereocenters. The second-order valence-electron chi connectivity index (χ2n) is 9.48. The van der Waals surface area contributed by atoms with Crippen molar-refractivity contribution in [1.29, 1.82) is 0 Å². The molecule has 4 aromatic rings. The molecule has 1 aliphatic rings. The van der Waals surface area contributed by atoms with Crippen LogP contribution in [0.15, 0.2) is 36.7 Å². The third-order valence-corrected chi connectivity index (χ3v) is 6.22. The van der Waals surface area contributed by atoms with Gasteiger partial charge in [0.1, 0.15) is 5.52 Å². The summed E-state index contributed by atoms with van der Waals surface area (Å²) in [6.45, 7) is 4.28. The van der Waals surface area contributed by atoms with E-state index in [1.165, 1.54) is 10.7 Å². The van der Waals surface area contributed by atoms with Crippen molar-refractivity contribution < 1.29 is 18.7 Å². The number of anilines is 2. The summed E-state index contributed by atoms with van der Waals surface area (Å²) < 4.78 is 27.5. The van der Waals surface area contributed by atoms with Gasteiger partial charge in [-0.3, -0.25) is 9.48 Å². The minimum absolute atomic E-state index is 0.0726. The minimum atomic E-state index is -0.515. The second-order valence-corrected chi connectivity index (χ2v) is 9.48. The van der Waals surface area contributed by atoms with Crippen LogP contribution in [0.1, 0.15) is 30.1 Å². The van der Waals surface area contributed by atoms with E-state index in [0.29, 0.717) is 47.3 Å². The quantitative estimate of drug-likeness (QED) is 0.331. The number of halogens is 1. The van der Waals surface area contributed by atoms with Crippen molar-refractivity contribution >= 4 is 39.1 Å². The summed E-state index contributed by atoms with van der Waals surface area (Å²) in [7, 11) is 1.71. The fraction of sp³-hybridized carbons (Fsp3) is 0.385. The van der Waals surface area contributed by atoms with Gasteiger partial charge in [-0.2, -0.15) is 10.1 Å². The molecule has 2 atom stereocenters. The van der Waals surface area contributed by atoms with Gasteiger partial charge in [0.15, 0.2) is 5.82 Å². The Morgan fingerprint density at radius 2 is 2.22 bits per heavy atom. The molecular formula is C26H30FN7O3. The fourth-order valence-electron chi connectivity index (χ4n) is 4.40. The van der Waals surface area contributed by atoms with Crippen molar-refractivity contribution in [1.82, 2.24) is 19.7 Å². The average molecular weight is 508 g/mol. The highest BCUT2D eigenvalue weighted by atomic mass is 19.1. The van der Waals surface area contributed by atoms with Crippen molar-refractivity contribution in [2.75, 3.05) is 37.0 Å². The van der Waals surface area contributed by atoms with E-state index in [4.69, 9.17) is 15.2 Å². The van der Waals surface area contributed by atoms with E-state index in [9.17, 15) is 9.18 Å². The van der Waals surface area contributed by atoms with Gasteiger partial charge in [-0.15, -0.1) is 0 Å². The Kier molecular flexibility index (Phi) is 7.15. The SMILES string of the molecule is C[C@@H](N)CNc1ccc(C(=O)Nc2cc(F)c3nn(C)cc3c2)c2nc(OC[C@@H]3CCCOC3)ncc12. The third-order valence-electron chi connectivity index (χ3n) is 6.22. The van der Waals surface area contributed by atoms with Gasteiger partial charge in [0.25, 0.3) is 5.91 Å². The number of hydrogen-bond acceptors (Lipinski definition) is 8. The zero-order valence-corrected chi connectivity index (χ0v) is 20.8. The highest BCUT2D eigenvalue weighted by Crippen LogP contribution is 2.28. The number of fused-ring (bicyclic) bond motifs is 2. The smallest absolute Gasteiger partial charge is 0.316 e. The van der Waals surface area contributed by atoms with Gasteiger partial charge in [-0.1, -0.05) is 0 Å². The number of hydrogen-bond donors (Lipinski definition) is 3. The van der Waals surface area contributed by atoms with Crippen LogP contribution in [0.25, 0.3) is 21.8 Å². The van der Waals surface area contributed by atoms with Crippen molar-refractivity contribution in [3.63, 3.8) is 0 Å². The average Bonchev–Trinajstić information content (AvgIpc) is 3.27. The minimum Gasteiger partial charge on any atom is -0.463 e. The lowest BCUT2D eigenvalue weighted by Gasteiger charge is -2.21. The van der Waals surface area contributed by atoms with Crippen LogP contribution < -0.4 is 21.1 Å². The van der Waals surface area contributed by atoms with Crippen LogP contribution in [0.2, 0.25) is 0 Å². The lowest BCUT2D eigenvalue weighted by Crippen LogP contribution is -2.25. The normalized spacial score (nSPS) is 16.6. The van der Waals surface area contributed by atoms with E-state index in [2.05, 4.69) is 25.7 Å². The van der Waals surface area contributed by atoms with Crippen LogP contribution in [-0.2, 0) is 11.8 Å². The van der Waals surface area contributed by atoms with E-state index in [0.717, 1.165) is 25.1 Å². The number of nitrogens with two attached hydrogens (primary N) is 1. The number of benzene rings is 2. The standard InChI is InChI=1S/C26H30FN7O3/c1-15(28)10-29-22-6-5-19(25(35)31-18-8-17-12-34(2)33-23(17)21(27)9-18)24-20(22)11-30-26(32-24)37-14-16-4-3-7-36-13-16/h5-6,8-9,11-12,15-16,29H,3-4,7,10,13-14,28H2,1-2H3,(H,31,35)/t15-,16-/m1/s1. The van der Waals surface area contributed by atoms with Gasteiger partial charge in [0.05, 0.1) is 24.3 Å². The maximum Gasteiger partial charge on any atom is 0.316 e. The predicted molar refractivity (Wildman–Crippen MR) is 139 cm³/mol. The second kappa shape index (κ2) is 10.7. The summed E-state index contributed by atoms with van der Waals surface area (Å²) in [4.78, 5) is 22.3. The predicted octanol–water partition coefficient (Wildman–Crippen LogP) is 3.47. The molecule has 10 nitrogen and oxygen atoms in total. The molecule has 3 heterocycles. The molecule has 1 fully saturated rings. The molecule has 1 aliphatic heterocycles. The molecule has 0 saturated carbocycles. The van der Waals surface area contributed by atoms with Gasteiger partial charge >= 0.3 is 6.01 Å². The van der Waals surface area contributed by atoms with Gasteiger partial charge in [-0.25, -0.2) is 9.37 Å². The van der Waals surface area contributed by atoms with Crippen LogP contribution in [0.4, 0.5) is 15.8 Å². The van der Waals surface area contributed by atoms with E-state index in [1.54, 1.807) is 37.6 Å². The lowest BCUT2D eigenvalue weighted by atomic mass is 10.0. The molecule has 5 rings (SSSR count). The summed E-state index contributed by atoms with van der Waals surface area (Å²) in [5.74, 6) is -0.678. The molecule has 1 saturated heterocycles. The number of nitrogens with zero attached hydrogens (tertiary/aromatic N) is 4. The summed E-state index contributed by atoms with van der Waals surface area (Å²) >= 11 is 0. The summed E-state index contributed by atoms with van der Waals surface area (Å²) in [6, 6.07) is 6.50. The Balaban J connectivity index is 1.45. The number of carbonyl (C=O) groups is 1. The van der Waals surface area contributed by atoms with E-state index in [-0.39, 0.29) is 23.5 Å². The molecule has 2 aromatic carbocycles.